The van der Waals surface area contributed by atoms with Crippen molar-refractivity contribution >= 4 is 16.5 Å². The van der Waals surface area contributed by atoms with Crippen molar-refractivity contribution in [2.45, 2.75) is 19.8 Å². The number of ether oxygens (including phenoxy) is 1. The van der Waals surface area contributed by atoms with Gasteiger partial charge in [-0.3, -0.25) is 4.98 Å². The molecule has 0 saturated carbocycles. The predicted octanol–water partition coefficient (Wildman–Crippen LogP) is 1.93. The molecule has 2 aromatic heterocycles. The second-order valence-electron chi connectivity index (χ2n) is 4.91. The summed E-state index contributed by atoms with van der Waals surface area (Å²) in [4.78, 5) is 10.4. The van der Waals surface area contributed by atoms with Crippen LogP contribution >= 0.6 is 11.3 Å². The maximum Gasteiger partial charge on any atom is 0.232 e. The lowest BCUT2D eigenvalue weighted by Crippen LogP contribution is -2.37. The van der Waals surface area contributed by atoms with Gasteiger partial charge in [0.05, 0.1) is 12.8 Å². The third-order valence-corrected chi connectivity index (χ3v) is 4.21. The van der Waals surface area contributed by atoms with Gasteiger partial charge < -0.3 is 9.64 Å². The van der Waals surface area contributed by atoms with Gasteiger partial charge in [0, 0.05) is 31.4 Å². The van der Waals surface area contributed by atoms with E-state index in [-0.39, 0.29) is 0 Å². The molecule has 0 spiro atoms. The number of hydrogen-bond acceptors (Lipinski definition) is 7. The van der Waals surface area contributed by atoms with Gasteiger partial charge >= 0.3 is 0 Å². The Labute approximate surface area is 121 Å². The summed E-state index contributed by atoms with van der Waals surface area (Å²) in [6.45, 7) is 4.68. The Kier molecular flexibility index (Phi) is 4.05. The average molecular weight is 291 g/mol. The van der Waals surface area contributed by atoms with Crippen LogP contribution in [0.1, 0.15) is 17.8 Å². The molecule has 0 radical (unpaired) electrons. The fraction of sp³-hybridized carbons (Fsp3) is 0.538. The lowest BCUT2D eigenvalue weighted by atomic mass is 9.99. The maximum atomic E-state index is 5.70. The molecule has 1 atom stereocenters. The third-order valence-electron chi connectivity index (χ3n) is 3.31. The molecule has 1 unspecified atom stereocenters. The van der Waals surface area contributed by atoms with Gasteiger partial charge in [-0.15, -0.1) is 10.2 Å². The third kappa shape index (κ3) is 3.22. The van der Waals surface area contributed by atoms with Crippen molar-refractivity contribution in [3.63, 3.8) is 0 Å². The SMILES string of the molecule is Cc1nnc(N2CCCC(COc3cnccn3)C2)s1. The van der Waals surface area contributed by atoms with E-state index in [0.29, 0.717) is 18.4 Å². The molecule has 1 aliphatic heterocycles. The van der Waals surface area contributed by atoms with E-state index in [0.717, 1.165) is 29.6 Å². The summed E-state index contributed by atoms with van der Waals surface area (Å²) in [6, 6.07) is 0. The summed E-state index contributed by atoms with van der Waals surface area (Å²) in [5, 5.41) is 10.3. The maximum absolute atomic E-state index is 5.70. The van der Waals surface area contributed by atoms with Crippen molar-refractivity contribution in [2.24, 2.45) is 5.92 Å². The van der Waals surface area contributed by atoms with Gasteiger partial charge in [0.2, 0.25) is 11.0 Å². The van der Waals surface area contributed by atoms with Crippen LogP contribution in [0.3, 0.4) is 0 Å². The molecular weight excluding hydrogens is 274 g/mol. The first-order chi connectivity index (χ1) is 9.81. The molecule has 0 N–H and O–H groups in total. The smallest absolute Gasteiger partial charge is 0.232 e. The highest BCUT2D eigenvalue weighted by molar-refractivity contribution is 7.15. The van der Waals surface area contributed by atoms with Gasteiger partial charge in [-0.1, -0.05) is 11.3 Å². The van der Waals surface area contributed by atoms with Crippen molar-refractivity contribution in [3.8, 4) is 5.88 Å². The molecule has 0 amide bonds. The van der Waals surface area contributed by atoms with Gasteiger partial charge in [-0.25, -0.2) is 4.98 Å². The Hall–Kier alpha value is -1.76. The first-order valence-electron chi connectivity index (χ1n) is 6.75. The molecule has 0 aliphatic carbocycles. The monoisotopic (exact) mass is 291 g/mol. The highest BCUT2D eigenvalue weighted by Crippen LogP contribution is 2.26. The summed E-state index contributed by atoms with van der Waals surface area (Å²) < 4.78 is 5.70. The fourth-order valence-corrected chi connectivity index (χ4v) is 3.07. The van der Waals surface area contributed by atoms with E-state index >= 15 is 0 Å². The van der Waals surface area contributed by atoms with Crippen LogP contribution in [0.25, 0.3) is 0 Å². The van der Waals surface area contributed by atoms with E-state index in [2.05, 4.69) is 25.1 Å². The molecule has 7 heteroatoms. The van der Waals surface area contributed by atoms with Crippen LogP contribution in [0.5, 0.6) is 5.88 Å². The molecule has 106 valence electrons. The molecule has 1 aliphatic rings. The first-order valence-corrected chi connectivity index (χ1v) is 7.57. The van der Waals surface area contributed by atoms with E-state index < -0.39 is 0 Å². The minimum absolute atomic E-state index is 0.495. The number of nitrogens with zero attached hydrogens (tertiary/aromatic N) is 5. The van der Waals surface area contributed by atoms with Crippen LogP contribution in [0.4, 0.5) is 5.13 Å². The Balaban J connectivity index is 1.55. The largest absolute Gasteiger partial charge is 0.476 e. The molecule has 1 saturated heterocycles. The molecular formula is C13H17N5OS. The van der Waals surface area contributed by atoms with Crippen LogP contribution in [0.15, 0.2) is 18.6 Å². The number of rotatable bonds is 4. The lowest BCUT2D eigenvalue weighted by Gasteiger charge is -2.31. The van der Waals surface area contributed by atoms with Gasteiger partial charge in [0.1, 0.15) is 5.01 Å². The number of anilines is 1. The molecule has 6 nitrogen and oxygen atoms in total. The van der Waals surface area contributed by atoms with Crippen LogP contribution in [-0.4, -0.2) is 39.9 Å². The van der Waals surface area contributed by atoms with E-state index in [1.54, 1.807) is 29.9 Å². The highest BCUT2D eigenvalue weighted by atomic mass is 32.1. The quantitative estimate of drug-likeness (QED) is 0.857. The number of hydrogen-bond donors (Lipinski definition) is 0. The van der Waals surface area contributed by atoms with Crippen molar-refractivity contribution in [1.29, 1.82) is 0 Å². The molecule has 0 aromatic carbocycles. The summed E-state index contributed by atoms with van der Waals surface area (Å²) >= 11 is 1.65. The first kappa shape index (κ1) is 13.2. The summed E-state index contributed by atoms with van der Waals surface area (Å²) in [5.74, 6) is 1.09. The van der Waals surface area contributed by atoms with Crippen molar-refractivity contribution < 1.29 is 4.74 Å². The van der Waals surface area contributed by atoms with Crippen molar-refractivity contribution in [2.75, 3.05) is 24.6 Å². The van der Waals surface area contributed by atoms with Gasteiger partial charge in [-0.05, 0) is 19.8 Å². The summed E-state index contributed by atoms with van der Waals surface area (Å²) in [5.41, 5.74) is 0. The van der Waals surface area contributed by atoms with Crippen LogP contribution in [0, 0.1) is 12.8 Å². The summed E-state index contributed by atoms with van der Waals surface area (Å²) in [7, 11) is 0. The Morgan fingerprint density at radius 2 is 2.35 bits per heavy atom. The summed E-state index contributed by atoms with van der Waals surface area (Å²) in [6.07, 6.45) is 7.27. The van der Waals surface area contributed by atoms with Crippen LogP contribution < -0.4 is 9.64 Å². The predicted molar refractivity (Wildman–Crippen MR) is 77.1 cm³/mol. The van der Waals surface area contributed by atoms with E-state index in [1.807, 2.05) is 6.92 Å². The minimum Gasteiger partial charge on any atom is -0.476 e. The number of aryl methyl sites for hydroxylation is 1. The van der Waals surface area contributed by atoms with Crippen molar-refractivity contribution in [1.82, 2.24) is 20.2 Å². The van der Waals surface area contributed by atoms with E-state index in [4.69, 9.17) is 4.74 Å². The molecule has 20 heavy (non-hydrogen) atoms. The second-order valence-corrected chi connectivity index (χ2v) is 6.07. The zero-order valence-corrected chi connectivity index (χ0v) is 12.2. The van der Waals surface area contributed by atoms with Crippen LogP contribution in [-0.2, 0) is 0 Å². The number of aromatic nitrogens is 4. The molecule has 2 aromatic rings. The highest BCUT2D eigenvalue weighted by Gasteiger charge is 2.23. The topological polar surface area (TPSA) is 64.0 Å². The normalized spacial score (nSPS) is 19.1. The standard InChI is InChI=1S/C13H17N5OS/c1-10-16-17-13(20-10)18-6-2-3-11(8-18)9-19-12-7-14-4-5-15-12/h4-5,7,11H,2-3,6,8-9H2,1H3. The fourth-order valence-electron chi connectivity index (χ4n) is 2.35. The van der Waals surface area contributed by atoms with Crippen molar-refractivity contribution in [3.05, 3.63) is 23.6 Å². The van der Waals surface area contributed by atoms with Gasteiger partial charge in [0.25, 0.3) is 0 Å². The molecule has 3 rings (SSSR count). The Bertz CT molecular complexity index is 547. The van der Waals surface area contributed by atoms with E-state index in [1.165, 1.54) is 6.42 Å². The zero-order chi connectivity index (χ0) is 13.8. The zero-order valence-electron chi connectivity index (χ0n) is 11.4. The second kappa shape index (κ2) is 6.13. The van der Waals surface area contributed by atoms with Crippen LogP contribution in [0.2, 0.25) is 0 Å². The molecule has 1 fully saturated rings. The van der Waals surface area contributed by atoms with Gasteiger partial charge in [0.15, 0.2) is 0 Å². The minimum atomic E-state index is 0.495. The molecule has 3 heterocycles. The lowest BCUT2D eigenvalue weighted by molar-refractivity contribution is 0.221. The Morgan fingerprint density at radius 3 is 3.10 bits per heavy atom. The Morgan fingerprint density at radius 1 is 1.40 bits per heavy atom. The average Bonchev–Trinajstić information content (AvgIpc) is 2.93. The molecule has 0 bridgehead atoms. The van der Waals surface area contributed by atoms with Gasteiger partial charge in [-0.2, -0.15) is 0 Å². The number of piperidine rings is 1. The van der Waals surface area contributed by atoms with E-state index in [9.17, 15) is 0 Å².